The normalized spacial score (nSPS) is 27.2. The molecular formula is C8H13NO2S. The van der Waals surface area contributed by atoms with E-state index < -0.39 is 0 Å². The van der Waals surface area contributed by atoms with E-state index in [2.05, 4.69) is 5.32 Å². The highest BCUT2D eigenvalue weighted by molar-refractivity contribution is 8.14. The van der Waals surface area contributed by atoms with Crippen LogP contribution < -0.4 is 5.32 Å². The number of amides is 1. The van der Waals surface area contributed by atoms with Gasteiger partial charge in [-0.25, -0.2) is 0 Å². The Hall–Kier alpha value is -0.510. The van der Waals surface area contributed by atoms with Crippen LogP contribution in [0.1, 0.15) is 20.8 Å². The summed E-state index contributed by atoms with van der Waals surface area (Å²) in [4.78, 5) is 22.0. The molecule has 0 spiro atoms. The van der Waals surface area contributed by atoms with Gasteiger partial charge in [-0.05, 0) is 0 Å². The number of hydrogen-bond donors (Lipinski definition) is 1. The molecule has 0 aromatic rings. The van der Waals surface area contributed by atoms with E-state index in [1.165, 1.54) is 18.7 Å². The quantitative estimate of drug-likeness (QED) is 0.660. The van der Waals surface area contributed by atoms with Crippen LogP contribution in [0.15, 0.2) is 0 Å². The number of nitrogens with one attached hydrogen (secondary N) is 1. The first-order chi connectivity index (χ1) is 5.43. The van der Waals surface area contributed by atoms with Gasteiger partial charge in [0.25, 0.3) is 0 Å². The van der Waals surface area contributed by atoms with Gasteiger partial charge in [0.1, 0.15) is 6.04 Å². The highest BCUT2D eigenvalue weighted by Crippen LogP contribution is 2.36. The molecule has 1 heterocycles. The molecule has 1 saturated heterocycles. The first-order valence-corrected chi connectivity index (χ1v) is 4.86. The van der Waals surface area contributed by atoms with E-state index in [-0.39, 0.29) is 22.5 Å². The van der Waals surface area contributed by atoms with Gasteiger partial charge in [-0.1, -0.05) is 25.6 Å². The lowest BCUT2D eigenvalue weighted by Gasteiger charge is -2.24. The van der Waals surface area contributed by atoms with Crippen molar-refractivity contribution in [2.75, 3.05) is 5.75 Å². The summed E-state index contributed by atoms with van der Waals surface area (Å²) >= 11 is 1.30. The fourth-order valence-electron chi connectivity index (χ4n) is 1.20. The maximum atomic E-state index is 11.3. The molecule has 68 valence electrons. The third kappa shape index (κ3) is 1.80. The molecule has 1 aliphatic rings. The second kappa shape index (κ2) is 3.09. The molecule has 1 amide bonds. The monoisotopic (exact) mass is 187 g/mol. The van der Waals surface area contributed by atoms with Gasteiger partial charge in [0.2, 0.25) is 11.0 Å². The molecule has 0 aromatic carbocycles. The lowest BCUT2D eigenvalue weighted by molar-refractivity contribution is -0.124. The largest absolute Gasteiger partial charge is 0.345 e. The van der Waals surface area contributed by atoms with Crippen LogP contribution in [0.3, 0.4) is 0 Å². The number of thioether (sulfide) groups is 1. The van der Waals surface area contributed by atoms with Gasteiger partial charge in [0.15, 0.2) is 0 Å². The molecule has 1 rings (SSSR count). The molecule has 0 aliphatic carbocycles. The summed E-state index contributed by atoms with van der Waals surface area (Å²) < 4.78 is 0. The summed E-state index contributed by atoms with van der Waals surface area (Å²) in [5.74, 6) is 0.653. The van der Waals surface area contributed by atoms with E-state index >= 15 is 0 Å². The van der Waals surface area contributed by atoms with Crippen molar-refractivity contribution in [2.45, 2.75) is 26.8 Å². The Morgan fingerprint density at radius 3 is 2.58 bits per heavy atom. The minimum Gasteiger partial charge on any atom is -0.345 e. The summed E-state index contributed by atoms with van der Waals surface area (Å²) in [5, 5.41) is 2.75. The fourth-order valence-corrected chi connectivity index (χ4v) is 2.43. The standard InChI is InChI=1S/C8H13NO2S/c1-5(10)9-6-7(11)12-4-8(6,2)3/h6H,4H2,1-3H3,(H,9,10). The third-order valence-corrected chi connectivity index (χ3v) is 3.36. The molecule has 0 radical (unpaired) electrons. The van der Waals surface area contributed by atoms with Crippen molar-refractivity contribution in [3.05, 3.63) is 0 Å². The highest BCUT2D eigenvalue weighted by Gasteiger charge is 2.42. The predicted octanol–water partition coefficient (Wildman–Crippen LogP) is 0.791. The third-order valence-electron chi connectivity index (χ3n) is 1.95. The van der Waals surface area contributed by atoms with Gasteiger partial charge in [-0.15, -0.1) is 0 Å². The Morgan fingerprint density at radius 1 is 1.67 bits per heavy atom. The second-order valence-electron chi connectivity index (χ2n) is 3.73. The van der Waals surface area contributed by atoms with E-state index in [4.69, 9.17) is 0 Å². The Bertz CT molecular complexity index is 225. The molecule has 0 aromatic heterocycles. The zero-order valence-corrected chi connectivity index (χ0v) is 8.33. The molecule has 1 aliphatic heterocycles. The van der Waals surface area contributed by atoms with Gasteiger partial charge in [-0.3, -0.25) is 9.59 Å². The first kappa shape index (κ1) is 9.58. The van der Waals surface area contributed by atoms with Crippen LogP contribution >= 0.6 is 11.8 Å². The van der Waals surface area contributed by atoms with Crippen LogP contribution in [-0.2, 0) is 9.59 Å². The number of carbonyl (C=O) groups is 2. The summed E-state index contributed by atoms with van der Waals surface area (Å²) in [5.41, 5.74) is -0.104. The minimum absolute atomic E-state index is 0.0789. The van der Waals surface area contributed by atoms with Gasteiger partial charge in [0.05, 0.1) is 0 Å². The van der Waals surface area contributed by atoms with E-state index in [0.717, 1.165) is 5.75 Å². The summed E-state index contributed by atoms with van der Waals surface area (Å²) in [6.07, 6.45) is 0. The van der Waals surface area contributed by atoms with Gasteiger partial charge >= 0.3 is 0 Å². The van der Waals surface area contributed by atoms with Crippen molar-refractivity contribution in [1.82, 2.24) is 5.32 Å². The number of carbonyl (C=O) groups excluding carboxylic acids is 2. The number of rotatable bonds is 1. The maximum absolute atomic E-state index is 11.3. The van der Waals surface area contributed by atoms with E-state index in [0.29, 0.717) is 0 Å². The van der Waals surface area contributed by atoms with Crippen molar-refractivity contribution in [3.8, 4) is 0 Å². The summed E-state index contributed by atoms with van der Waals surface area (Å²) in [7, 11) is 0. The smallest absolute Gasteiger partial charge is 0.217 e. The maximum Gasteiger partial charge on any atom is 0.217 e. The van der Waals surface area contributed by atoms with Crippen molar-refractivity contribution in [3.63, 3.8) is 0 Å². The topological polar surface area (TPSA) is 46.2 Å². The molecule has 3 nitrogen and oxygen atoms in total. The van der Waals surface area contributed by atoms with Crippen LogP contribution in [0, 0.1) is 5.41 Å². The van der Waals surface area contributed by atoms with Gasteiger partial charge in [0, 0.05) is 18.1 Å². The van der Waals surface area contributed by atoms with Crippen molar-refractivity contribution < 1.29 is 9.59 Å². The Morgan fingerprint density at radius 2 is 2.25 bits per heavy atom. The highest BCUT2D eigenvalue weighted by atomic mass is 32.2. The predicted molar refractivity (Wildman–Crippen MR) is 48.9 cm³/mol. The summed E-state index contributed by atoms with van der Waals surface area (Å²) in [6.45, 7) is 5.42. The zero-order chi connectivity index (χ0) is 9.35. The Kier molecular flexibility index (Phi) is 2.46. The van der Waals surface area contributed by atoms with Crippen LogP contribution in [-0.4, -0.2) is 22.8 Å². The molecule has 1 fully saturated rings. The first-order valence-electron chi connectivity index (χ1n) is 3.87. The van der Waals surface area contributed by atoms with Crippen molar-refractivity contribution in [1.29, 1.82) is 0 Å². The Labute approximate surface area is 76.3 Å². The average Bonchev–Trinajstić information content (AvgIpc) is 2.15. The molecule has 1 unspecified atom stereocenters. The molecular weight excluding hydrogens is 174 g/mol. The molecule has 12 heavy (non-hydrogen) atoms. The van der Waals surface area contributed by atoms with E-state index in [1.54, 1.807) is 0 Å². The van der Waals surface area contributed by atoms with Crippen LogP contribution in [0.5, 0.6) is 0 Å². The van der Waals surface area contributed by atoms with Crippen molar-refractivity contribution in [2.24, 2.45) is 5.41 Å². The Balaban J connectivity index is 2.71. The lowest BCUT2D eigenvalue weighted by atomic mass is 9.88. The van der Waals surface area contributed by atoms with Crippen LogP contribution in [0.25, 0.3) is 0 Å². The molecule has 0 bridgehead atoms. The van der Waals surface area contributed by atoms with E-state index in [9.17, 15) is 9.59 Å². The lowest BCUT2D eigenvalue weighted by Crippen LogP contribution is -2.45. The SMILES string of the molecule is CC(=O)NC1C(=O)SCC1(C)C. The van der Waals surface area contributed by atoms with E-state index in [1.807, 2.05) is 13.8 Å². The van der Waals surface area contributed by atoms with Crippen LogP contribution in [0.2, 0.25) is 0 Å². The summed E-state index contributed by atoms with van der Waals surface area (Å²) in [6, 6.07) is -0.306. The second-order valence-corrected chi connectivity index (χ2v) is 4.71. The molecule has 0 saturated carbocycles. The van der Waals surface area contributed by atoms with Crippen molar-refractivity contribution >= 4 is 22.8 Å². The average molecular weight is 187 g/mol. The minimum atomic E-state index is -0.306. The molecule has 1 N–H and O–H groups in total. The fraction of sp³-hybridized carbons (Fsp3) is 0.750. The zero-order valence-electron chi connectivity index (χ0n) is 7.51. The van der Waals surface area contributed by atoms with Crippen LogP contribution in [0.4, 0.5) is 0 Å². The van der Waals surface area contributed by atoms with Gasteiger partial charge in [-0.2, -0.15) is 0 Å². The van der Waals surface area contributed by atoms with Gasteiger partial charge < -0.3 is 5.32 Å². The molecule has 1 atom stereocenters. The number of hydrogen-bond acceptors (Lipinski definition) is 3. The molecule has 4 heteroatoms.